The van der Waals surface area contributed by atoms with Crippen molar-refractivity contribution in [3.05, 3.63) is 74.2 Å². The number of morpholine rings is 1. The van der Waals surface area contributed by atoms with Crippen LogP contribution in [0.15, 0.2) is 58.1 Å². The van der Waals surface area contributed by atoms with Gasteiger partial charge in [0, 0.05) is 31.3 Å². The first kappa shape index (κ1) is 22.6. The maximum absolute atomic E-state index is 11.1. The first-order valence-corrected chi connectivity index (χ1v) is 11.0. The smallest absolute Gasteiger partial charge is 0.284 e. The molecule has 1 aromatic heterocycles. The Morgan fingerprint density at radius 1 is 1.12 bits per heavy atom. The van der Waals surface area contributed by atoms with Crippen LogP contribution in [0, 0.1) is 10.1 Å². The summed E-state index contributed by atoms with van der Waals surface area (Å²) in [6, 6.07) is 14.7. The normalized spacial score (nSPS) is 13.8. The van der Waals surface area contributed by atoms with Gasteiger partial charge in [0.15, 0.2) is 0 Å². The van der Waals surface area contributed by atoms with E-state index < -0.39 is 4.92 Å². The van der Waals surface area contributed by atoms with Gasteiger partial charge in [-0.15, -0.1) is 0 Å². The molecule has 0 bridgehead atoms. The molecule has 0 saturated carbocycles. The van der Waals surface area contributed by atoms with E-state index >= 15 is 0 Å². The van der Waals surface area contributed by atoms with Crippen LogP contribution >= 0.6 is 15.9 Å². The number of nitro groups is 1. The van der Waals surface area contributed by atoms with E-state index in [0.717, 1.165) is 5.56 Å². The molecule has 0 unspecified atom stereocenters. The molecular formula is C21H21BrN8O3. The number of aromatic nitrogens is 3. The molecule has 1 saturated heterocycles. The quantitative estimate of drug-likeness (QED) is 0.264. The third-order valence-electron chi connectivity index (χ3n) is 4.76. The fourth-order valence-corrected chi connectivity index (χ4v) is 3.48. The number of rotatable bonds is 8. The lowest BCUT2D eigenvalue weighted by Crippen LogP contribution is -2.37. The van der Waals surface area contributed by atoms with Crippen molar-refractivity contribution in [3.63, 3.8) is 0 Å². The van der Waals surface area contributed by atoms with Gasteiger partial charge < -0.3 is 15.0 Å². The number of anilines is 3. The van der Waals surface area contributed by atoms with Crippen molar-refractivity contribution >= 4 is 45.7 Å². The van der Waals surface area contributed by atoms with Crippen LogP contribution in [0.4, 0.5) is 23.5 Å². The molecule has 1 aliphatic heterocycles. The highest BCUT2D eigenvalue weighted by Gasteiger charge is 2.17. The van der Waals surface area contributed by atoms with Crippen LogP contribution in [-0.2, 0) is 11.3 Å². The molecule has 4 rings (SSSR count). The predicted molar refractivity (Wildman–Crippen MR) is 129 cm³/mol. The second-order valence-electron chi connectivity index (χ2n) is 7.06. The van der Waals surface area contributed by atoms with E-state index in [0.29, 0.717) is 54.8 Å². The van der Waals surface area contributed by atoms with Crippen LogP contribution in [0.3, 0.4) is 0 Å². The zero-order chi connectivity index (χ0) is 23.0. The first-order valence-electron chi connectivity index (χ1n) is 10.2. The van der Waals surface area contributed by atoms with Crippen LogP contribution in [-0.4, -0.2) is 52.4 Å². The van der Waals surface area contributed by atoms with E-state index in [1.165, 1.54) is 12.3 Å². The van der Waals surface area contributed by atoms with E-state index in [1.54, 1.807) is 12.1 Å². The molecule has 2 heterocycles. The summed E-state index contributed by atoms with van der Waals surface area (Å²) < 4.78 is 5.82. The van der Waals surface area contributed by atoms with Crippen molar-refractivity contribution in [2.45, 2.75) is 6.54 Å². The summed E-state index contributed by atoms with van der Waals surface area (Å²) in [5.74, 6) is 1.18. The second-order valence-corrected chi connectivity index (χ2v) is 7.91. The van der Waals surface area contributed by atoms with Crippen LogP contribution in [0.25, 0.3) is 0 Å². The Morgan fingerprint density at radius 3 is 2.64 bits per heavy atom. The SMILES string of the molecule is O=[N+]([O-])c1cc(/C=N\Nc2nc(NCc3ccccc3)nc(N3CCOCC3)n2)ccc1Br. The highest BCUT2D eigenvalue weighted by Crippen LogP contribution is 2.25. The highest BCUT2D eigenvalue weighted by atomic mass is 79.9. The molecule has 2 aromatic carbocycles. The number of nitrogens with one attached hydrogen (secondary N) is 2. The van der Waals surface area contributed by atoms with E-state index in [9.17, 15) is 10.1 Å². The van der Waals surface area contributed by atoms with Crippen molar-refractivity contribution in [3.8, 4) is 0 Å². The van der Waals surface area contributed by atoms with Crippen LogP contribution in [0.1, 0.15) is 11.1 Å². The van der Waals surface area contributed by atoms with Crippen LogP contribution in [0.5, 0.6) is 0 Å². The second kappa shape index (κ2) is 10.8. The molecular weight excluding hydrogens is 492 g/mol. The number of hydrogen-bond acceptors (Lipinski definition) is 10. The van der Waals surface area contributed by atoms with Gasteiger partial charge in [0.2, 0.25) is 17.8 Å². The zero-order valence-corrected chi connectivity index (χ0v) is 19.1. The Hall–Kier alpha value is -3.64. The van der Waals surface area contributed by atoms with E-state index in [-0.39, 0.29) is 11.6 Å². The maximum Gasteiger partial charge on any atom is 0.284 e. The summed E-state index contributed by atoms with van der Waals surface area (Å²) in [5, 5.41) is 18.5. The molecule has 0 amide bonds. The van der Waals surface area contributed by atoms with Gasteiger partial charge in [-0.25, -0.2) is 5.43 Å². The largest absolute Gasteiger partial charge is 0.378 e. The molecule has 0 atom stereocenters. The summed E-state index contributed by atoms with van der Waals surface area (Å²) >= 11 is 3.17. The highest BCUT2D eigenvalue weighted by molar-refractivity contribution is 9.10. The maximum atomic E-state index is 11.1. The number of benzene rings is 2. The Balaban J connectivity index is 1.52. The van der Waals surface area contributed by atoms with E-state index in [4.69, 9.17) is 4.74 Å². The van der Waals surface area contributed by atoms with Gasteiger partial charge in [-0.05, 0) is 27.6 Å². The topological polar surface area (TPSA) is 131 Å². The van der Waals surface area contributed by atoms with Crippen molar-refractivity contribution in [1.29, 1.82) is 0 Å². The summed E-state index contributed by atoms with van der Waals surface area (Å²) in [6.45, 7) is 3.10. The van der Waals surface area contributed by atoms with Gasteiger partial charge in [-0.2, -0.15) is 20.1 Å². The number of hydrazone groups is 1. The standard InChI is InChI=1S/C21H21BrN8O3/c22-17-7-6-16(12-18(17)30(31)32)14-24-28-20-25-19(23-13-15-4-2-1-3-5-15)26-21(27-20)29-8-10-33-11-9-29/h1-7,12,14H,8-11,13H2,(H2,23,25,26,27,28)/b24-14-. The Morgan fingerprint density at radius 2 is 1.88 bits per heavy atom. The van der Waals surface area contributed by atoms with E-state index in [1.807, 2.05) is 35.2 Å². The number of ether oxygens (including phenoxy) is 1. The minimum absolute atomic E-state index is 0.0406. The summed E-state index contributed by atoms with van der Waals surface area (Å²) in [6.07, 6.45) is 1.47. The average Bonchev–Trinajstić information content (AvgIpc) is 2.85. The number of nitrogens with zero attached hydrogens (tertiary/aromatic N) is 6. The number of nitro benzene ring substituents is 1. The van der Waals surface area contributed by atoms with Crippen molar-refractivity contribution < 1.29 is 9.66 Å². The fraction of sp³-hybridized carbons (Fsp3) is 0.238. The Labute approximate surface area is 198 Å². The van der Waals surface area contributed by atoms with Crippen molar-refractivity contribution in [1.82, 2.24) is 15.0 Å². The number of hydrogen-bond donors (Lipinski definition) is 2. The molecule has 3 aromatic rings. The lowest BCUT2D eigenvalue weighted by molar-refractivity contribution is -0.385. The lowest BCUT2D eigenvalue weighted by atomic mass is 10.2. The molecule has 11 nitrogen and oxygen atoms in total. The van der Waals surface area contributed by atoms with Gasteiger partial charge in [0.1, 0.15) is 0 Å². The number of halogens is 1. The molecule has 33 heavy (non-hydrogen) atoms. The first-order chi connectivity index (χ1) is 16.1. The monoisotopic (exact) mass is 512 g/mol. The van der Waals surface area contributed by atoms with Gasteiger partial charge in [-0.1, -0.05) is 36.4 Å². The minimum Gasteiger partial charge on any atom is -0.378 e. The van der Waals surface area contributed by atoms with Gasteiger partial charge in [0.05, 0.1) is 28.8 Å². The van der Waals surface area contributed by atoms with Gasteiger partial charge in [0.25, 0.3) is 5.69 Å². The van der Waals surface area contributed by atoms with Crippen molar-refractivity contribution in [2.24, 2.45) is 5.10 Å². The summed E-state index contributed by atoms with van der Waals surface area (Å²) in [5.41, 5.74) is 4.41. The van der Waals surface area contributed by atoms with Crippen molar-refractivity contribution in [2.75, 3.05) is 41.9 Å². The third-order valence-corrected chi connectivity index (χ3v) is 5.43. The van der Waals surface area contributed by atoms with Crippen LogP contribution < -0.4 is 15.6 Å². The molecule has 170 valence electrons. The third kappa shape index (κ3) is 6.20. The fourth-order valence-electron chi connectivity index (χ4n) is 3.09. The van der Waals surface area contributed by atoms with Crippen LogP contribution in [0.2, 0.25) is 0 Å². The molecule has 0 aliphatic carbocycles. The lowest BCUT2D eigenvalue weighted by Gasteiger charge is -2.27. The molecule has 2 N–H and O–H groups in total. The summed E-state index contributed by atoms with van der Waals surface area (Å²) in [7, 11) is 0. The molecule has 0 spiro atoms. The molecule has 0 radical (unpaired) electrons. The molecule has 1 fully saturated rings. The zero-order valence-electron chi connectivity index (χ0n) is 17.5. The van der Waals surface area contributed by atoms with Gasteiger partial charge >= 0.3 is 0 Å². The summed E-state index contributed by atoms with van der Waals surface area (Å²) in [4.78, 5) is 26.1. The molecule has 12 heteroatoms. The molecule has 1 aliphatic rings. The minimum atomic E-state index is -0.458. The van der Waals surface area contributed by atoms with Gasteiger partial charge in [-0.3, -0.25) is 10.1 Å². The van der Waals surface area contributed by atoms with E-state index in [2.05, 4.69) is 46.7 Å². The Bertz CT molecular complexity index is 1140. The predicted octanol–water partition coefficient (Wildman–Crippen LogP) is 3.44. The average molecular weight is 513 g/mol. The Kier molecular flexibility index (Phi) is 7.37.